The molecule has 1 aromatic carbocycles. The molecule has 1 aliphatic rings. The molecule has 0 aliphatic carbocycles. The van der Waals surface area contributed by atoms with E-state index >= 15 is 0 Å². The number of nitrogens with one attached hydrogen (secondary N) is 2. The van der Waals surface area contributed by atoms with Crippen molar-refractivity contribution in [3.8, 4) is 0 Å². The molecule has 0 saturated carbocycles. The van der Waals surface area contributed by atoms with Gasteiger partial charge in [-0.25, -0.2) is 0 Å². The average Bonchev–Trinajstić information content (AvgIpc) is 3.08. The highest BCUT2D eigenvalue weighted by Gasteiger charge is 2.25. The first kappa shape index (κ1) is 20.3. The van der Waals surface area contributed by atoms with Crippen LogP contribution in [-0.2, 0) is 20.8 Å². The topological polar surface area (TPSA) is 78.5 Å². The predicted molar refractivity (Wildman–Crippen MR) is 111 cm³/mol. The Morgan fingerprint density at radius 2 is 2.04 bits per heavy atom. The Labute approximate surface area is 169 Å². The van der Waals surface area contributed by atoms with Gasteiger partial charge in [-0.3, -0.25) is 14.4 Å². The van der Waals surface area contributed by atoms with Gasteiger partial charge in [0, 0.05) is 30.6 Å². The van der Waals surface area contributed by atoms with E-state index in [1.807, 2.05) is 41.5 Å². The summed E-state index contributed by atoms with van der Waals surface area (Å²) in [6.07, 6.45) is 3.53. The summed E-state index contributed by atoms with van der Waals surface area (Å²) in [5.41, 5.74) is 1.02. The molecule has 1 aromatic heterocycles. The molecule has 7 heteroatoms. The summed E-state index contributed by atoms with van der Waals surface area (Å²) < 4.78 is 1.15. The molecule has 1 aliphatic heterocycles. The molecule has 2 heterocycles. The number of nitrogens with zero attached hydrogens (tertiary/aromatic N) is 1. The van der Waals surface area contributed by atoms with Gasteiger partial charge in [0.25, 0.3) is 0 Å². The van der Waals surface area contributed by atoms with Gasteiger partial charge in [0.2, 0.25) is 17.7 Å². The Hall–Kier alpha value is -2.41. The first-order valence-corrected chi connectivity index (χ1v) is 10.6. The zero-order valence-electron chi connectivity index (χ0n) is 16.4. The maximum atomic E-state index is 12.7. The maximum absolute atomic E-state index is 12.7. The van der Waals surface area contributed by atoms with Gasteiger partial charge >= 0.3 is 0 Å². The molecular weight excluding hydrogens is 374 g/mol. The number of rotatable bonds is 6. The fourth-order valence-corrected chi connectivity index (χ4v) is 4.70. The van der Waals surface area contributed by atoms with Crippen molar-refractivity contribution in [1.29, 1.82) is 0 Å². The molecule has 3 amide bonds. The standard InChI is InChI=1S/C21H27N3O3S/c1-14-7-5-6-10-24(14)20(26)12-22-21(27)18(23-15(2)25)11-16-13-28-19-9-4-3-8-17(16)19/h3-4,8-9,13-14,18H,5-7,10-12H2,1-2H3,(H,22,27)(H,23,25). The summed E-state index contributed by atoms with van der Waals surface area (Å²) in [5.74, 6) is -0.665. The lowest BCUT2D eigenvalue weighted by molar-refractivity contribution is -0.136. The Morgan fingerprint density at radius 1 is 1.25 bits per heavy atom. The number of thiophene rings is 1. The number of piperidine rings is 1. The number of carbonyl (C=O) groups excluding carboxylic acids is 3. The van der Waals surface area contributed by atoms with Crippen LogP contribution in [0.5, 0.6) is 0 Å². The molecule has 2 atom stereocenters. The normalized spacial score (nSPS) is 17.9. The SMILES string of the molecule is CC(=O)NC(Cc1csc2ccccc12)C(=O)NCC(=O)N1CCCCC1C. The summed E-state index contributed by atoms with van der Waals surface area (Å²) in [7, 11) is 0. The summed E-state index contributed by atoms with van der Waals surface area (Å²) in [6.45, 7) is 4.14. The monoisotopic (exact) mass is 401 g/mol. The number of benzene rings is 1. The van der Waals surface area contributed by atoms with Gasteiger partial charge in [-0.1, -0.05) is 18.2 Å². The third-order valence-electron chi connectivity index (χ3n) is 5.22. The van der Waals surface area contributed by atoms with Gasteiger partial charge in [-0.2, -0.15) is 0 Å². The van der Waals surface area contributed by atoms with Gasteiger partial charge < -0.3 is 15.5 Å². The molecule has 1 fully saturated rings. The molecule has 28 heavy (non-hydrogen) atoms. The summed E-state index contributed by atoms with van der Waals surface area (Å²) >= 11 is 1.62. The van der Waals surface area contributed by atoms with Crippen molar-refractivity contribution in [2.45, 2.75) is 51.6 Å². The van der Waals surface area contributed by atoms with Crippen molar-refractivity contribution in [2.75, 3.05) is 13.1 Å². The van der Waals surface area contributed by atoms with Crippen LogP contribution in [0.25, 0.3) is 10.1 Å². The number of carbonyl (C=O) groups is 3. The number of hydrogen-bond donors (Lipinski definition) is 2. The molecule has 3 rings (SSSR count). The first-order valence-electron chi connectivity index (χ1n) is 9.75. The molecule has 0 spiro atoms. The predicted octanol–water partition coefficient (Wildman–Crippen LogP) is 2.47. The number of likely N-dealkylation sites (tertiary alicyclic amines) is 1. The van der Waals surface area contributed by atoms with E-state index in [9.17, 15) is 14.4 Å². The molecule has 2 aromatic rings. The lowest BCUT2D eigenvalue weighted by atomic mass is 10.0. The molecule has 6 nitrogen and oxygen atoms in total. The van der Waals surface area contributed by atoms with Gasteiger partial charge in [0.05, 0.1) is 6.54 Å². The highest BCUT2D eigenvalue weighted by atomic mass is 32.1. The van der Waals surface area contributed by atoms with E-state index in [-0.39, 0.29) is 30.3 Å². The zero-order chi connectivity index (χ0) is 20.1. The van der Waals surface area contributed by atoms with Crippen molar-refractivity contribution < 1.29 is 14.4 Å². The number of fused-ring (bicyclic) bond motifs is 1. The van der Waals surface area contributed by atoms with E-state index in [4.69, 9.17) is 0 Å². The maximum Gasteiger partial charge on any atom is 0.243 e. The van der Waals surface area contributed by atoms with Gasteiger partial charge in [0.15, 0.2) is 0 Å². The fourth-order valence-electron chi connectivity index (χ4n) is 3.72. The van der Waals surface area contributed by atoms with Crippen molar-refractivity contribution in [3.63, 3.8) is 0 Å². The Balaban J connectivity index is 1.64. The van der Waals surface area contributed by atoms with Crippen molar-refractivity contribution in [1.82, 2.24) is 15.5 Å². The van der Waals surface area contributed by atoms with E-state index in [0.717, 1.165) is 41.5 Å². The lowest BCUT2D eigenvalue weighted by Gasteiger charge is -2.33. The smallest absolute Gasteiger partial charge is 0.243 e. The van der Waals surface area contributed by atoms with Crippen LogP contribution < -0.4 is 10.6 Å². The highest BCUT2D eigenvalue weighted by molar-refractivity contribution is 7.17. The summed E-state index contributed by atoms with van der Waals surface area (Å²) in [6, 6.07) is 7.50. The van der Waals surface area contributed by atoms with Crippen molar-refractivity contribution >= 4 is 39.1 Å². The van der Waals surface area contributed by atoms with Crippen LogP contribution in [0.4, 0.5) is 0 Å². The third-order valence-corrected chi connectivity index (χ3v) is 6.23. The number of hydrogen-bond acceptors (Lipinski definition) is 4. The van der Waals surface area contributed by atoms with E-state index in [1.54, 1.807) is 11.3 Å². The lowest BCUT2D eigenvalue weighted by Crippen LogP contribution is -2.51. The second kappa shape index (κ2) is 9.19. The molecular formula is C21H27N3O3S. The molecule has 150 valence electrons. The minimum Gasteiger partial charge on any atom is -0.345 e. The number of amides is 3. The summed E-state index contributed by atoms with van der Waals surface area (Å²) in [4.78, 5) is 38.6. The van der Waals surface area contributed by atoms with Crippen LogP contribution in [0.15, 0.2) is 29.6 Å². The van der Waals surface area contributed by atoms with E-state index in [0.29, 0.717) is 6.42 Å². The molecule has 1 saturated heterocycles. The molecule has 0 bridgehead atoms. The van der Waals surface area contributed by atoms with Crippen LogP contribution in [-0.4, -0.2) is 47.8 Å². The van der Waals surface area contributed by atoms with Gasteiger partial charge in [-0.15, -0.1) is 11.3 Å². The van der Waals surface area contributed by atoms with Gasteiger partial charge in [0.1, 0.15) is 6.04 Å². The average molecular weight is 402 g/mol. The van der Waals surface area contributed by atoms with Crippen molar-refractivity contribution in [2.24, 2.45) is 0 Å². The Bertz CT molecular complexity index is 863. The van der Waals surface area contributed by atoms with Crippen LogP contribution in [0.2, 0.25) is 0 Å². The minimum atomic E-state index is -0.706. The minimum absolute atomic E-state index is 0.0381. The quantitative estimate of drug-likeness (QED) is 0.781. The molecule has 2 unspecified atom stereocenters. The van der Waals surface area contributed by atoms with E-state index in [1.165, 1.54) is 6.92 Å². The molecule has 0 radical (unpaired) electrons. The van der Waals surface area contributed by atoms with Crippen LogP contribution in [0.1, 0.15) is 38.7 Å². The largest absolute Gasteiger partial charge is 0.345 e. The van der Waals surface area contributed by atoms with Crippen LogP contribution in [0.3, 0.4) is 0 Å². The second-order valence-electron chi connectivity index (χ2n) is 7.36. The second-order valence-corrected chi connectivity index (χ2v) is 8.28. The first-order chi connectivity index (χ1) is 13.5. The summed E-state index contributed by atoms with van der Waals surface area (Å²) in [5, 5.41) is 8.56. The zero-order valence-corrected chi connectivity index (χ0v) is 17.2. The highest BCUT2D eigenvalue weighted by Crippen LogP contribution is 2.26. The van der Waals surface area contributed by atoms with Crippen LogP contribution >= 0.6 is 11.3 Å². The fraction of sp³-hybridized carbons (Fsp3) is 0.476. The Kier molecular flexibility index (Phi) is 6.67. The molecule has 2 N–H and O–H groups in total. The van der Waals surface area contributed by atoms with Gasteiger partial charge in [-0.05, 0) is 48.6 Å². The van der Waals surface area contributed by atoms with E-state index < -0.39 is 6.04 Å². The third kappa shape index (κ3) is 4.90. The Morgan fingerprint density at radius 3 is 2.79 bits per heavy atom. The van der Waals surface area contributed by atoms with Crippen molar-refractivity contribution in [3.05, 3.63) is 35.2 Å². The van der Waals surface area contributed by atoms with Crippen LogP contribution in [0, 0.1) is 0 Å². The van der Waals surface area contributed by atoms with E-state index in [2.05, 4.69) is 10.6 Å².